The molecule has 9 nitrogen and oxygen atoms in total. The van der Waals surface area contributed by atoms with Crippen LogP contribution in [-0.2, 0) is 19.6 Å². The summed E-state index contributed by atoms with van der Waals surface area (Å²) < 4.78 is 32.5. The number of sulfonamides is 1. The quantitative estimate of drug-likeness (QED) is 0.572. The molecule has 2 aromatic rings. The molecule has 0 aromatic heterocycles. The van der Waals surface area contributed by atoms with E-state index < -0.39 is 21.7 Å². The highest BCUT2D eigenvalue weighted by molar-refractivity contribution is 7.89. The summed E-state index contributed by atoms with van der Waals surface area (Å²) in [5.41, 5.74) is 1.64. The van der Waals surface area contributed by atoms with Gasteiger partial charge in [0, 0.05) is 50.0 Å². The van der Waals surface area contributed by atoms with Gasteiger partial charge in [-0.25, -0.2) is 8.42 Å². The second-order valence-electron chi connectivity index (χ2n) is 8.48. The molecule has 0 aliphatic carbocycles. The van der Waals surface area contributed by atoms with Crippen molar-refractivity contribution in [3.05, 3.63) is 53.1 Å². The van der Waals surface area contributed by atoms with Crippen molar-refractivity contribution >= 4 is 44.7 Å². The second kappa shape index (κ2) is 9.27. The van der Waals surface area contributed by atoms with Gasteiger partial charge in [-0.15, -0.1) is 0 Å². The third kappa shape index (κ3) is 4.32. The van der Waals surface area contributed by atoms with Crippen LogP contribution in [0.15, 0.2) is 47.4 Å². The van der Waals surface area contributed by atoms with Crippen molar-refractivity contribution in [2.45, 2.75) is 4.90 Å². The molecule has 0 spiro atoms. The smallest absolute Gasteiger partial charge is 0.300 e. The average molecular weight is 505 g/mol. The summed E-state index contributed by atoms with van der Waals surface area (Å²) in [6, 6.07) is 12.1. The Bertz CT molecular complexity index is 1220. The Morgan fingerprint density at radius 3 is 2.35 bits per heavy atom. The summed E-state index contributed by atoms with van der Waals surface area (Å²) in [4.78, 5) is 31.3. The zero-order valence-electron chi connectivity index (χ0n) is 18.5. The lowest BCUT2D eigenvalue weighted by atomic mass is 10.1. The lowest BCUT2D eigenvalue weighted by molar-refractivity contribution is -0.114. The summed E-state index contributed by atoms with van der Waals surface area (Å²) in [6.07, 6.45) is 0. The highest BCUT2D eigenvalue weighted by atomic mass is 35.5. The molecule has 2 fully saturated rings. The van der Waals surface area contributed by atoms with Crippen LogP contribution in [0.5, 0.6) is 0 Å². The maximum absolute atomic E-state index is 13.0. The zero-order valence-corrected chi connectivity index (χ0v) is 20.1. The summed E-state index contributed by atoms with van der Waals surface area (Å²) >= 11 is 6.11. The van der Waals surface area contributed by atoms with Crippen molar-refractivity contribution in [3.8, 4) is 0 Å². The summed E-state index contributed by atoms with van der Waals surface area (Å²) in [7, 11) is -3.76. The number of ether oxygens (including phenoxy) is 1. The third-order valence-corrected chi connectivity index (χ3v) is 8.57. The second-order valence-corrected chi connectivity index (χ2v) is 10.9. The number of hydrogen-bond acceptors (Lipinski definition) is 7. The molecule has 34 heavy (non-hydrogen) atoms. The number of rotatable bonds is 5. The van der Waals surface area contributed by atoms with Crippen molar-refractivity contribution in [1.29, 1.82) is 0 Å². The van der Waals surface area contributed by atoms with Gasteiger partial charge in [-0.2, -0.15) is 4.31 Å². The van der Waals surface area contributed by atoms with Crippen LogP contribution in [0, 0.1) is 0 Å². The van der Waals surface area contributed by atoms with Crippen LogP contribution in [0.25, 0.3) is 0 Å². The van der Waals surface area contributed by atoms with Crippen molar-refractivity contribution in [3.63, 3.8) is 0 Å². The molecule has 11 heteroatoms. The van der Waals surface area contributed by atoms with Gasteiger partial charge in [0.25, 0.3) is 5.78 Å². The van der Waals surface area contributed by atoms with E-state index in [4.69, 9.17) is 16.3 Å². The molecule has 0 saturated carbocycles. The molecule has 3 aliphatic heterocycles. The number of carbonyl (C=O) groups is 2. The van der Waals surface area contributed by atoms with Crippen LogP contribution in [-0.4, -0.2) is 88.5 Å². The first kappa shape index (κ1) is 23.3. The van der Waals surface area contributed by atoms with Crippen LogP contribution >= 0.6 is 11.6 Å². The van der Waals surface area contributed by atoms with Crippen LogP contribution in [0.4, 0.5) is 11.4 Å². The van der Waals surface area contributed by atoms with Gasteiger partial charge in [-0.1, -0.05) is 17.7 Å². The Balaban J connectivity index is 1.30. The van der Waals surface area contributed by atoms with E-state index in [1.807, 2.05) is 24.3 Å². The number of morpholine rings is 1. The van der Waals surface area contributed by atoms with Crippen LogP contribution in [0.3, 0.4) is 0 Å². The Labute approximate surface area is 203 Å². The minimum atomic E-state index is -3.76. The zero-order chi connectivity index (χ0) is 23.9. The fourth-order valence-corrected chi connectivity index (χ4v) is 6.16. The fraction of sp³-hybridized carbons (Fsp3) is 0.391. The molecular formula is C23H25ClN4O5S. The number of fused-ring (bicyclic) bond motifs is 1. The van der Waals surface area contributed by atoms with Crippen LogP contribution < -0.4 is 9.80 Å². The van der Waals surface area contributed by atoms with Crippen molar-refractivity contribution < 1.29 is 22.7 Å². The number of halogens is 1. The maximum atomic E-state index is 13.0. The first-order valence-corrected chi connectivity index (χ1v) is 13.0. The number of hydrogen-bond donors (Lipinski definition) is 0. The highest BCUT2D eigenvalue weighted by Gasteiger charge is 2.38. The number of nitrogens with zero attached hydrogens (tertiary/aromatic N) is 4. The third-order valence-electron chi connectivity index (χ3n) is 6.44. The lowest BCUT2D eigenvalue weighted by Gasteiger charge is -2.37. The van der Waals surface area contributed by atoms with E-state index in [9.17, 15) is 18.0 Å². The molecule has 0 N–H and O–H groups in total. The number of carbonyl (C=O) groups excluding carboxylic acids is 2. The topological polar surface area (TPSA) is 90.5 Å². The molecule has 3 heterocycles. The molecular weight excluding hydrogens is 480 g/mol. The van der Waals surface area contributed by atoms with E-state index in [0.717, 1.165) is 18.8 Å². The Kier molecular flexibility index (Phi) is 6.34. The molecule has 2 saturated heterocycles. The van der Waals surface area contributed by atoms with E-state index in [2.05, 4.69) is 9.80 Å². The molecule has 0 radical (unpaired) electrons. The minimum Gasteiger partial charge on any atom is -0.379 e. The first-order valence-electron chi connectivity index (χ1n) is 11.2. The molecule has 2 aromatic carbocycles. The van der Waals surface area contributed by atoms with E-state index in [1.54, 1.807) is 6.07 Å². The van der Waals surface area contributed by atoms with Crippen molar-refractivity contribution in [1.82, 2.24) is 9.21 Å². The predicted molar refractivity (Wildman–Crippen MR) is 128 cm³/mol. The number of Topliss-reactive ketones (excluding diaryl/α,β-unsaturated/α-hetero) is 1. The Morgan fingerprint density at radius 2 is 1.65 bits per heavy atom. The number of amides is 1. The van der Waals surface area contributed by atoms with E-state index in [1.165, 1.54) is 21.3 Å². The summed E-state index contributed by atoms with van der Waals surface area (Å²) in [5, 5.41) is 0.688. The molecule has 180 valence electrons. The normalized spacial score (nSPS) is 20.1. The molecule has 1 amide bonds. The summed E-state index contributed by atoms with van der Waals surface area (Å²) in [6.45, 7) is 4.42. The SMILES string of the molecule is O=C1C(=O)N(CN2CCN(c3cccc(Cl)c3)CC2)c2ccc(S(=O)(=O)N3CCOCC3)cc21. The number of ketones is 1. The average Bonchev–Trinajstić information content (AvgIpc) is 3.09. The molecule has 0 unspecified atom stereocenters. The Hall–Kier alpha value is -2.50. The maximum Gasteiger partial charge on any atom is 0.300 e. The molecule has 3 aliphatic rings. The predicted octanol–water partition coefficient (Wildman–Crippen LogP) is 1.67. The monoisotopic (exact) mass is 504 g/mol. The van der Waals surface area contributed by atoms with Gasteiger partial charge >= 0.3 is 5.91 Å². The van der Waals surface area contributed by atoms with Gasteiger partial charge < -0.3 is 9.64 Å². The van der Waals surface area contributed by atoms with E-state index >= 15 is 0 Å². The van der Waals surface area contributed by atoms with Crippen LogP contribution in [0.1, 0.15) is 10.4 Å². The van der Waals surface area contributed by atoms with Gasteiger partial charge in [-0.05, 0) is 36.4 Å². The fourth-order valence-electron chi connectivity index (χ4n) is 4.54. The molecule has 0 bridgehead atoms. The number of benzene rings is 2. The minimum absolute atomic E-state index is 0.0197. The van der Waals surface area contributed by atoms with Gasteiger partial charge in [0.2, 0.25) is 10.0 Å². The highest BCUT2D eigenvalue weighted by Crippen LogP contribution is 2.32. The van der Waals surface area contributed by atoms with Gasteiger partial charge in [0.1, 0.15) is 0 Å². The van der Waals surface area contributed by atoms with Crippen molar-refractivity contribution in [2.75, 3.05) is 69.0 Å². The standard InChI is InChI=1S/C23H25ClN4O5S/c24-17-2-1-3-18(14-17)26-8-6-25(7-9-26)16-28-21-5-4-19(15-20(21)22(29)23(28)30)34(31,32)27-10-12-33-13-11-27/h1-5,14-15H,6-13,16H2. The first-order chi connectivity index (χ1) is 16.3. The summed E-state index contributed by atoms with van der Waals surface area (Å²) in [5.74, 6) is -1.31. The number of anilines is 2. The largest absolute Gasteiger partial charge is 0.379 e. The van der Waals surface area contributed by atoms with Crippen LogP contribution in [0.2, 0.25) is 5.02 Å². The molecule has 5 rings (SSSR count). The van der Waals surface area contributed by atoms with Gasteiger partial charge in [0.05, 0.1) is 36.0 Å². The van der Waals surface area contributed by atoms with E-state index in [0.29, 0.717) is 37.0 Å². The van der Waals surface area contributed by atoms with Gasteiger partial charge in [0.15, 0.2) is 0 Å². The lowest BCUT2D eigenvalue weighted by Crippen LogP contribution is -2.51. The number of piperazine rings is 1. The van der Waals surface area contributed by atoms with Gasteiger partial charge in [-0.3, -0.25) is 19.4 Å². The van der Waals surface area contributed by atoms with E-state index in [-0.39, 0.29) is 30.2 Å². The Morgan fingerprint density at radius 1 is 0.912 bits per heavy atom. The molecule has 0 atom stereocenters. The van der Waals surface area contributed by atoms with Crippen molar-refractivity contribution in [2.24, 2.45) is 0 Å².